The quantitative estimate of drug-likeness (QED) is 0.821. The second-order valence-corrected chi connectivity index (χ2v) is 4.69. The minimum Gasteiger partial charge on any atom is -0.494 e. The summed E-state index contributed by atoms with van der Waals surface area (Å²) >= 11 is 0. The maximum Gasteiger partial charge on any atom is 0.320 e. The van der Waals surface area contributed by atoms with Crippen molar-refractivity contribution in [1.82, 2.24) is 4.90 Å². The maximum atomic E-state index is 12.7. The third-order valence-electron chi connectivity index (χ3n) is 3.32. The highest BCUT2D eigenvalue weighted by Crippen LogP contribution is 2.17. The van der Waals surface area contributed by atoms with Crippen molar-refractivity contribution in [3.8, 4) is 5.75 Å². The van der Waals surface area contributed by atoms with Crippen molar-refractivity contribution in [3.05, 3.63) is 30.1 Å². The average Bonchev–Trinajstić information content (AvgIpc) is 2.85. The Morgan fingerprint density at radius 1 is 1.40 bits per heavy atom. The first-order valence-electron chi connectivity index (χ1n) is 6.52. The van der Waals surface area contributed by atoms with Gasteiger partial charge in [0.05, 0.1) is 6.61 Å². The number of hydrogen-bond donors (Lipinski definition) is 1. The van der Waals surface area contributed by atoms with E-state index in [9.17, 15) is 9.18 Å². The van der Waals surface area contributed by atoms with Crippen LogP contribution >= 0.6 is 12.4 Å². The molecule has 0 amide bonds. The Balaban J connectivity index is 0.00000200. The van der Waals surface area contributed by atoms with E-state index < -0.39 is 5.97 Å². The molecule has 0 aliphatic carbocycles. The second-order valence-electron chi connectivity index (χ2n) is 4.69. The number of likely N-dealkylation sites (tertiary alicyclic amines) is 1. The normalized spacial score (nSPS) is 18.6. The number of rotatable bonds is 6. The lowest BCUT2D eigenvalue weighted by atomic mass is 10.2. The van der Waals surface area contributed by atoms with Crippen LogP contribution in [0.2, 0.25) is 0 Å². The van der Waals surface area contributed by atoms with Gasteiger partial charge in [0.1, 0.15) is 17.6 Å². The van der Waals surface area contributed by atoms with Crippen LogP contribution in [0.5, 0.6) is 5.75 Å². The Morgan fingerprint density at radius 2 is 2.10 bits per heavy atom. The average molecular weight is 304 g/mol. The summed E-state index contributed by atoms with van der Waals surface area (Å²) in [5.74, 6) is -0.386. The van der Waals surface area contributed by atoms with E-state index in [0.29, 0.717) is 12.4 Å². The van der Waals surface area contributed by atoms with Gasteiger partial charge in [-0.1, -0.05) is 0 Å². The molecule has 1 N–H and O–H groups in total. The molecular formula is C14H19ClFNO3. The number of hydrogen-bond acceptors (Lipinski definition) is 3. The first-order chi connectivity index (χ1) is 9.16. The third-order valence-corrected chi connectivity index (χ3v) is 3.32. The fraction of sp³-hybridized carbons (Fsp3) is 0.500. The number of benzene rings is 1. The van der Waals surface area contributed by atoms with E-state index in [-0.39, 0.29) is 24.3 Å². The molecule has 6 heteroatoms. The smallest absolute Gasteiger partial charge is 0.320 e. The van der Waals surface area contributed by atoms with Crippen LogP contribution in [0.1, 0.15) is 19.3 Å². The fourth-order valence-electron chi connectivity index (χ4n) is 2.36. The van der Waals surface area contributed by atoms with Gasteiger partial charge in [0.15, 0.2) is 0 Å². The summed E-state index contributed by atoms with van der Waals surface area (Å²) in [5, 5.41) is 9.04. The molecule has 0 aromatic heterocycles. The Bertz CT molecular complexity index is 427. The molecule has 1 aliphatic heterocycles. The highest BCUT2D eigenvalue weighted by molar-refractivity contribution is 5.85. The lowest BCUT2D eigenvalue weighted by Gasteiger charge is -2.20. The Morgan fingerprint density at radius 3 is 2.75 bits per heavy atom. The van der Waals surface area contributed by atoms with Crippen molar-refractivity contribution in [3.63, 3.8) is 0 Å². The molecule has 4 nitrogen and oxygen atoms in total. The number of carboxylic acids is 1. The molecule has 20 heavy (non-hydrogen) atoms. The molecule has 1 fully saturated rings. The summed E-state index contributed by atoms with van der Waals surface area (Å²) in [6.45, 7) is 2.07. The molecule has 0 bridgehead atoms. The SMILES string of the molecule is Cl.O=C(O)C1CCCN1CCCOc1ccc(F)cc1. The van der Waals surface area contributed by atoms with Gasteiger partial charge >= 0.3 is 5.97 Å². The fourth-order valence-corrected chi connectivity index (χ4v) is 2.36. The molecule has 1 heterocycles. The van der Waals surface area contributed by atoms with Crippen LogP contribution in [0.3, 0.4) is 0 Å². The van der Waals surface area contributed by atoms with Gasteiger partial charge in [-0.3, -0.25) is 9.69 Å². The van der Waals surface area contributed by atoms with Gasteiger partial charge in [-0.15, -0.1) is 12.4 Å². The Hall–Kier alpha value is -1.33. The first-order valence-corrected chi connectivity index (χ1v) is 6.52. The molecule has 0 saturated carbocycles. The summed E-state index contributed by atoms with van der Waals surface area (Å²) in [6.07, 6.45) is 2.44. The van der Waals surface area contributed by atoms with Gasteiger partial charge in [0.25, 0.3) is 0 Å². The number of carbonyl (C=O) groups is 1. The van der Waals surface area contributed by atoms with E-state index in [1.807, 2.05) is 4.90 Å². The molecule has 2 rings (SSSR count). The molecule has 1 atom stereocenters. The van der Waals surface area contributed by atoms with Crippen LogP contribution in [-0.2, 0) is 4.79 Å². The van der Waals surface area contributed by atoms with Crippen molar-refractivity contribution in [2.24, 2.45) is 0 Å². The monoisotopic (exact) mass is 303 g/mol. The Kier molecular flexibility index (Phi) is 6.75. The predicted octanol–water partition coefficient (Wildman–Crippen LogP) is 2.57. The summed E-state index contributed by atoms with van der Waals surface area (Å²) in [4.78, 5) is 13.0. The lowest BCUT2D eigenvalue weighted by molar-refractivity contribution is -0.142. The van der Waals surface area contributed by atoms with E-state index in [0.717, 1.165) is 32.4 Å². The number of carboxylic acid groups (broad SMARTS) is 1. The molecule has 1 saturated heterocycles. The van der Waals surface area contributed by atoms with Crippen molar-refractivity contribution in [1.29, 1.82) is 0 Å². The van der Waals surface area contributed by atoms with Crippen molar-refractivity contribution in [2.45, 2.75) is 25.3 Å². The Labute approximate surface area is 123 Å². The molecule has 1 aromatic carbocycles. The van der Waals surface area contributed by atoms with Gasteiger partial charge in [0.2, 0.25) is 0 Å². The third kappa shape index (κ3) is 4.65. The standard InChI is InChI=1S/C14H18FNO3.ClH/c15-11-4-6-12(7-5-11)19-10-2-9-16-8-1-3-13(16)14(17)18;/h4-7,13H,1-3,8-10H2,(H,17,18);1H. The molecule has 1 aromatic rings. The minimum atomic E-state index is -0.739. The first kappa shape index (κ1) is 16.7. The molecular weight excluding hydrogens is 285 g/mol. The van der Waals surface area contributed by atoms with Gasteiger partial charge in [-0.25, -0.2) is 4.39 Å². The molecule has 0 radical (unpaired) electrons. The van der Waals surface area contributed by atoms with Crippen LogP contribution < -0.4 is 4.74 Å². The van der Waals surface area contributed by atoms with Gasteiger partial charge in [-0.2, -0.15) is 0 Å². The molecule has 112 valence electrons. The van der Waals surface area contributed by atoms with E-state index in [1.54, 1.807) is 12.1 Å². The summed E-state index contributed by atoms with van der Waals surface area (Å²) < 4.78 is 18.2. The summed E-state index contributed by atoms with van der Waals surface area (Å²) in [5.41, 5.74) is 0. The molecule has 1 aliphatic rings. The van der Waals surface area contributed by atoms with E-state index >= 15 is 0 Å². The van der Waals surface area contributed by atoms with Crippen LogP contribution in [0.4, 0.5) is 4.39 Å². The van der Waals surface area contributed by atoms with Crippen molar-refractivity contribution >= 4 is 18.4 Å². The zero-order valence-electron chi connectivity index (χ0n) is 11.1. The summed E-state index contributed by atoms with van der Waals surface area (Å²) in [7, 11) is 0. The van der Waals surface area contributed by atoms with Crippen LogP contribution in [0.25, 0.3) is 0 Å². The van der Waals surface area contributed by atoms with E-state index in [4.69, 9.17) is 9.84 Å². The zero-order chi connectivity index (χ0) is 13.7. The van der Waals surface area contributed by atoms with Crippen LogP contribution in [0, 0.1) is 5.82 Å². The molecule has 0 spiro atoms. The van der Waals surface area contributed by atoms with Gasteiger partial charge < -0.3 is 9.84 Å². The highest BCUT2D eigenvalue weighted by Gasteiger charge is 2.29. The largest absolute Gasteiger partial charge is 0.494 e. The number of nitrogens with zero attached hydrogens (tertiary/aromatic N) is 1. The number of aliphatic carboxylic acids is 1. The molecule has 1 unspecified atom stereocenters. The van der Waals surface area contributed by atoms with Gasteiger partial charge in [0, 0.05) is 6.54 Å². The van der Waals surface area contributed by atoms with Gasteiger partial charge in [-0.05, 0) is 50.1 Å². The maximum absolute atomic E-state index is 12.7. The van der Waals surface area contributed by atoms with Crippen molar-refractivity contribution < 1.29 is 19.0 Å². The number of ether oxygens (including phenoxy) is 1. The van der Waals surface area contributed by atoms with E-state index in [2.05, 4.69) is 0 Å². The predicted molar refractivity (Wildman–Crippen MR) is 76.0 cm³/mol. The highest BCUT2D eigenvalue weighted by atomic mass is 35.5. The van der Waals surface area contributed by atoms with E-state index in [1.165, 1.54) is 12.1 Å². The van der Waals surface area contributed by atoms with Crippen LogP contribution in [0.15, 0.2) is 24.3 Å². The number of halogens is 2. The van der Waals surface area contributed by atoms with Crippen molar-refractivity contribution in [2.75, 3.05) is 19.7 Å². The zero-order valence-corrected chi connectivity index (χ0v) is 11.9. The second kappa shape index (κ2) is 8.07. The summed E-state index contributed by atoms with van der Waals surface area (Å²) in [6, 6.07) is 5.55. The lowest BCUT2D eigenvalue weighted by Crippen LogP contribution is -2.36. The van der Waals surface area contributed by atoms with Crippen LogP contribution in [-0.4, -0.2) is 41.7 Å². The minimum absolute atomic E-state index is 0. The topological polar surface area (TPSA) is 49.8 Å².